The molecule has 0 N–H and O–H groups in total. The largest absolute Gasteiger partial charge is 0.338 e. The number of hydrogen-bond acceptors (Lipinski definition) is 2. The van der Waals surface area contributed by atoms with E-state index in [-0.39, 0.29) is 5.91 Å². The van der Waals surface area contributed by atoms with Crippen molar-refractivity contribution in [1.82, 2.24) is 9.88 Å². The minimum absolute atomic E-state index is 0.0773. The highest BCUT2D eigenvalue weighted by Crippen LogP contribution is 2.27. The Labute approximate surface area is 129 Å². The summed E-state index contributed by atoms with van der Waals surface area (Å²) in [6, 6.07) is 7.35. The van der Waals surface area contributed by atoms with Crippen molar-refractivity contribution in [2.45, 2.75) is 26.2 Å². The monoisotopic (exact) mass is 302 g/mol. The van der Waals surface area contributed by atoms with E-state index in [0.717, 1.165) is 31.3 Å². The summed E-state index contributed by atoms with van der Waals surface area (Å²) in [5.41, 5.74) is 1.36. The Kier molecular flexibility index (Phi) is 4.11. The molecule has 1 aromatic heterocycles. The number of benzene rings is 1. The van der Waals surface area contributed by atoms with Gasteiger partial charge in [-0.2, -0.15) is 0 Å². The van der Waals surface area contributed by atoms with Gasteiger partial charge in [0.1, 0.15) is 0 Å². The zero-order valence-electron chi connectivity index (χ0n) is 12.2. The molecule has 110 valence electrons. The number of amides is 1. The SMILES string of the molecule is CCC1CCCN(C(=O)c2ccc(Cl)c3cccnc23)C1. The first kappa shape index (κ1) is 14.3. The number of nitrogens with zero attached hydrogens (tertiary/aromatic N) is 2. The topological polar surface area (TPSA) is 33.2 Å². The van der Waals surface area contributed by atoms with Crippen LogP contribution in [-0.2, 0) is 0 Å². The number of hydrogen-bond donors (Lipinski definition) is 0. The van der Waals surface area contributed by atoms with Crippen LogP contribution in [0.25, 0.3) is 10.9 Å². The highest BCUT2D eigenvalue weighted by molar-refractivity contribution is 6.36. The van der Waals surface area contributed by atoms with Crippen LogP contribution in [0.5, 0.6) is 0 Å². The number of aromatic nitrogens is 1. The Morgan fingerprint density at radius 1 is 1.43 bits per heavy atom. The molecule has 0 radical (unpaired) electrons. The van der Waals surface area contributed by atoms with E-state index in [1.165, 1.54) is 6.42 Å². The Balaban J connectivity index is 1.96. The molecule has 1 aliphatic rings. The minimum atomic E-state index is 0.0773. The third kappa shape index (κ3) is 2.75. The van der Waals surface area contributed by atoms with E-state index in [9.17, 15) is 4.79 Å². The molecule has 3 nitrogen and oxygen atoms in total. The second kappa shape index (κ2) is 6.02. The smallest absolute Gasteiger partial charge is 0.256 e. The van der Waals surface area contributed by atoms with E-state index in [1.807, 2.05) is 17.0 Å². The predicted molar refractivity (Wildman–Crippen MR) is 85.7 cm³/mol. The molecule has 21 heavy (non-hydrogen) atoms. The van der Waals surface area contributed by atoms with Crippen molar-refractivity contribution in [2.75, 3.05) is 13.1 Å². The molecular weight excluding hydrogens is 284 g/mol. The molecule has 0 spiro atoms. The fourth-order valence-corrected chi connectivity index (χ4v) is 3.28. The number of pyridine rings is 1. The number of halogens is 1. The molecule has 1 aliphatic heterocycles. The lowest BCUT2D eigenvalue weighted by Gasteiger charge is -2.32. The lowest BCUT2D eigenvalue weighted by Crippen LogP contribution is -2.39. The summed E-state index contributed by atoms with van der Waals surface area (Å²) in [4.78, 5) is 19.2. The van der Waals surface area contributed by atoms with Crippen LogP contribution in [0.2, 0.25) is 5.02 Å². The quantitative estimate of drug-likeness (QED) is 0.835. The second-order valence-corrected chi connectivity index (χ2v) is 6.07. The summed E-state index contributed by atoms with van der Waals surface area (Å²) >= 11 is 6.20. The van der Waals surface area contributed by atoms with Gasteiger partial charge in [-0.15, -0.1) is 0 Å². The van der Waals surface area contributed by atoms with Crippen molar-refractivity contribution in [3.8, 4) is 0 Å². The Hall–Kier alpha value is -1.61. The molecule has 0 saturated carbocycles. The molecule has 4 heteroatoms. The van der Waals surface area contributed by atoms with Crippen LogP contribution < -0.4 is 0 Å². The first-order valence-corrected chi connectivity index (χ1v) is 7.91. The molecule has 2 aromatic rings. The number of carbonyl (C=O) groups excluding carboxylic acids is 1. The number of fused-ring (bicyclic) bond motifs is 1. The van der Waals surface area contributed by atoms with Gasteiger partial charge < -0.3 is 4.90 Å². The number of carbonyl (C=O) groups is 1. The van der Waals surface area contributed by atoms with Gasteiger partial charge >= 0.3 is 0 Å². The third-order valence-corrected chi connectivity index (χ3v) is 4.66. The maximum Gasteiger partial charge on any atom is 0.256 e. The average molecular weight is 303 g/mol. The van der Waals surface area contributed by atoms with Crippen LogP contribution >= 0.6 is 11.6 Å². The molecule has 3 rings (SSSR count). The lowest BCUT2D eigenvalue weighted by atomic mass is 9.95. The minimum Gasteiger partial charge on any atom is -0.338 e. The van der Waals surface area contributed by atoms with Crippen LogP contribution in [0.4, 0.5) is 0 Å². The van der Waals surface area contributed by atoms with Crippen molar-refractivity contribution in [1.29, 1.82) is 0 Å². The van der Waals surface area contributed by atoms with Gasteiger partial charge in [0.05, 0.1) is 16.1 Å². The molecule has 1 aromatic carbocycles. The Morgan fingerprint density at radius 2 is 2.29 bits per heavy atom. The van der Waals surface area contributed by atoms with E-state index in [1.54, 1.807) is 18.3 Å². The highest BCUT2D eigenvalue weighted by atomic mass is 35.5. The molecule has 1 saturated heterocycles. The second-order valence-electron chi connectivity index (χ2n) is 5.66. The van der Waals surface area contributed by atoms with Gasteiger partial charge in [-0.3, -0.25) is 9.78 Å². The number of likely N-dealkylation sites (tertiary alicyclic amines) is 1. The molecule has 1 atom stereocenters. The fourth-order valence-electron chi connectivity index (χ4n) is 3.06. The van der Waals surface area contributed by atoms with Crippen LogP contribution in [0, 0.1) is 5.92 Å². The maximum atomic E-state index is 12.8. The molecule has 1 unspecified atom stereocenters. The van der Waals surface area contributed by atoms with Gasteiger partial charge in [-0.1, -0.05) is 24.9 Å². The number of piperidine rings is 1. The normalized spacial score (nSPS) is 19.0. The molecule has 0 aliphatic carbocycles. The molecular formula is C17H19ClN2O. The third-order valence-electron chi connectivity index (χ3n) is 4.33. The average Bonchev–Trinajstić information content (AvgIpc) is 2.55. The van der Waals surface area contributed by atoms with E-state index >= 15 is 0 Å². The zero-order chi connectivity index (χ0) is 14.8. The maximum absolute atomic E-state index is 12.8. The van der Waals surface area contributed by atoms with Crippen molar-refractivity contribution >= 4 is 28.4 Å². The van der Waals surface area contributed by atoms with Gasteiger partial charge in [-0.05, 0) is 43.0 Å². The van der Waals surface area contributed by atoms with Crippen molar-refractivity contribution in [3.05, 3.63) is 41.0 Å². The van der Waals surface area contributed by atoms with Gasteiger partial charge in [-0.25, -0.2) is 0 Å². The first-order valence-electron chi connectivity index (χ1n) is 7.53. The van der Waals surface area contributed by atoms with Crippen LogP contribution in [0.15, 0.2) is 30.5 Å². The van der Waals surface area contributed by atoms with Gasteiger partial charge in [0.2, 0.25) is 0 Å². The van der Waals surface area contributed by atoms with Crippen LogP contribution in [0.1, 0.15) is 36.5 Å². The molecule has 0 bridgehead atoms. The van der Waals surface area contributed by atoms with E-state index < -0.39 is 0 Å². The summed E-state index contributed by atoms with van der Waals surface area (Å²) in [5, 5.41) is 1.48. The van der Waals surface area contributed by atoms with Crippen molar-refractivity contribution < 1.29 is 4.79 Å². The Morgan fingerprint density at radius 3 is 3.10 bits per heavy atom. The van der Waals surface area contributed by atoms with E-state index in [2.05, 4.69) is 11.9 Å². The Bertz CT molecular complexity index is 671. The van der Waals surface area contributed by atoms with E-state index in [0.29, 0.717) is 22.0 Å². The zero-order valence-corrected chi connectivity index (χ0v) is 12.9. The van der Waals surface area contributed by atoms with Crippen molar-refractivity contribution in [3.63, 3.8) is 0 Å². The fraction of sp³-hybridized carbons (Fsp3) is 0.412. The van der Waals surface area contributed by atoms with Gasteiger partial charge in [0.25, 0.3) is 5.91 Å². The van der Waals surface area contributed by atoms with Gasteiger partial charge in [0.15, 0.2) is 0 Å². The van der Waals surface area contributed by atoms with Crippen LogP contribution in [0.3, 0.4) is 0 Å². The molecule has 1 fully saturated rings. The summed E-state index contributed by atoms with van der Waals surface area (Å²) in [7, 11) is 0. The first-order chi connectivity index (χ1) is 10.2. The summed E-state index contributed by atoms with van der Waals surface area (Å²) in [6.07, 6.45) is 5.15. The van der Waals surface area contributed by atoms with Crippen molar-refractivity contribution in [2.24, 2.45) is 5.92 Å². The molecule has 2 heterocycles. The number of rotatable bonds is 2. The van der Waals surface area contributed by atoms with Crippen LogP contribution in [-0.4, -0.2) is 28.9 Å². The predicted octanol–water partition coefficient (Wildman–Crippen LogP) is 4.15. The standard InChI is InChI=1S/C17H19ClN2O/c1-2-12-5-4-10-20(11-12)17(21)14-7-8-15(18)13-6-3-9-19-16(13)14/h3,6-9,12H,2,4-5,10-11H2,1H3. The lowest BCUT2D eigenvalue weighted by molar-refractivity contribution is 0.0673. The van der Waals surface area contributed by atoms with Gasteiger partial charge in [0, 0.05) is 24.7 Å². The summed E-state index contributed by atoms with van der Waals surface area (Å²) < 4.78 is 0. The summed E-state index contributed by atoms with van der Waals surface area (Å²) in [6.45, 7) is 3.89. The summed E-state index contributed by atoms with van der Waals surface area (Å²) in [5.74, 6) is 0.697. The highest BCUT2D eigenvalue weighted by Gasteiger charge is 2.25. The van der Waals surface area contributed by atoms with E-state index in [4.69, 9.17) is 11.6 Å². The molecule has 1 amide bonds.